The van der Waals surface area contributed by atoms with Crippen molar-refractivity contribution in [1.82, 2.24) is 45.8 Å². The Kier molecular flexibility index (Phi) is 27.8. The molecule has 6 aliphatic carbocycles. The van der Waals surface area contributed by atoms with E-state index in [9.17, 15) is 60.3 Å². The number of pyridine rings is 2. The van der Waals surface area contributed by atoms with Gasteiger partial charge in [0.25, 0.3) is 5.91 Å². The molecule has 2 saturated heterocycles. The van der Waals surface area contributed by atoms with Crippen LogP contribution in [0.5, 0.6) is 11.5 Å². The molecule has 12 rings (SSSR count). The van der Waals surface area contributed by atoms with Crippen LogP contribution in [0.25, 0.3) is 21.8 Å². The third kappa shape index (κ3) is 20.2. The molecular formula is C76H103BCl2N10O17S2U. The summed E-state index contributed by atoms with van der Waals surface area (Å²) in [7, 11) is -3.51. The smallest absolute Gasteiger partial charge is 0.408 e. The number of carboxylic acid groups (broad SMARTS) is 1. The largest absolute Gasteiger partial charge is 0.488 e. The second-order valence-corrected chi connectivity index (χ2v) is 37.0. The maximum Gasteiger partial charge on any atom is 0.408 e. The van der Waals surface area contributed by atoms with Gasteiger partial charge in [0.05, 0.1) is 33.6 Å². The summed E-state index contributed by atoms with van der Waals surface area (Å²) in [5, 5.41) is 28.4. The standard InChI is InChI=1S/C38H50ClN5O8S.C32H39ClN4O7.C6H13NO2S.BH.U/c1-6-15-37(16-17-37)53(49,50)43-34(47)38(21-23(38)7-2)42-32(45)29-20-26(51-30-14-18-40-28-19-24(39)12-13-27(28)30)22-44(29)33(46)31(36(3,4)5)41-35(48)52-25-10-8-9-11-25;1-5-18-16-32(18,29(40)41)36-27(38)24-15-21(43-25-12-13-34-23-14-19(33)10-11-22(23)25)17-37(24)28(39)26(31(2,3)4)35-30(42)44-20-8-6-7-9-20;1-2-3-6(4-5-6)10(7,8)9;;/h7,12-14,18-19,23,25-26,29,31H,2,6,8-11,15-17,20-22H2,1,3-5H3,(H,41,48)(H,42,45)(H,43,47);5,10-14,18,20-21,24,26H,1,6-9,15-17H2,2-4H3,(H,35,42)(H,36,38)(H,40,41);2-5H2,1H3,(H2,7,8,9);1H;/t23-,26-,29+,31-,38-;18-,21-,24+,26-,32-;;;/m11.../s1/i;;;1D;. The number of hydrogen-bond donors (Lipinski definition) is 7. The molecule has 6 saturated carbocycles. The van der Waals surface area contributed by atoms with Crippen molar-refractivity contribution >= 4 is 121 Å². The number of carboxylic acids is 1. The van der Waals surface area contributed by atoms with E-state index in [4.69, 9.17) is 48.6 Å². The van der Waals surface area contributed by atoms with Gasteiger partial charge in [0.1, 0.15) is 71.2 Å². The van der Waals surface area contributed by atoms with E-state index in [2.05, 4.69) is 57.5 Å². The molecule has 8 fully saturated rings. The van der Waals surface area contributed by atoms with Gasteiger partial charge in [0, 0.05) is 97.4 Å². The van der Waals surface area contributed by atoms with Crippen LogP contribution in [-0.2, 0) is 58.3 Å². The van der Waals surface area contributed by atoms with E-state index >= 15 is 0 Å². The zero-order valence-corrected chi connectivity index (χ0v) is 70.5. The summed E-state index contributed by atoms with van der Waals surface area (Å²) >= 11 is 12.3. The number of halogens is 2. The number of nitrogens with zero attached hydrogens (tertiary/aromatic N) is 4. The van der Waals surface area contributed by atoms with Crippen molar-refractivity contribution in [2.24, 2.45) is 27.8 Å². The summed E-state index contributed by atoms with van der Waals surface area (Å²) < 4.78 is 78.6. The van der Waals surface area contributed by atoms with Gasteiger partial charge in [0.2, 0.25) is 43.7 Å². The Balaban J connectivity index is 0.000000241. The van der Waals surface area contributed by atoms with E-state index in [1.165, 1.54) is 22.0 Å². The second-order valence-electron chi connectivity index (χ2n) is 32.1. The molecule has 8 aliphatic rings. The van der Waals surface area contributed by atoms with E-state index in [-0.39, 0.29) is 82.1 Å². The number of rotatable bonds is 25. The fourth-order valence-corrected chi connectivity index (χ4v) is 18.5. The maximum absolute atomic E-state index is 14.6. The molecule has 2 aromatic carbocycles. The van der Waals surface area contributed by atoms with Crippen molar-refractivity contribution in [3.63, 3.8) is 0 Å². The minimum atomic E-state index is -4.01. The first-order valence-corrected chi connectivity index (χ1v) is 40.8. The molecule has 33 heteroatoms. The summed E-state index contributed by atoms with van der Waals surface area (Å²) in [6, 6.07) is 9.54. The predicted molar refractivity (Wildman–Crippen MR) is 410 cm³/mol. The fraction of sp³-hybridized carbons (Fsp3) is 0.605. The van der Waals surface area contributed by atoms with E-state index in [1.54, 1.807) is 60.9 Å². The molecule has 4 heterocycles. The average Bonchev–Trinajstić information content (AvgIpc) is 1.56. The fourth-order valence-electron chi connectivity index (χ4n) is 15.2. The Morgan fingerprint density at radius 3 is 1.37 bits per heavy atom. The monoisotopic (exact) mass is 1810 g/mol. The first-order chi connectivity index (χ1) is 51.4. The number of carbonyl (C=O) groups excluding carboxylic acids is 7. The topological polar surface area (TPSA) is 380 Å². The summed E-state index contributed by atoms with van der Waals surface area (Å²) in [5.74, 6) is -4.22. The molecule has 8 N–H and O–H groups in total. The van der Waals surface area contributed by atoms with Crippen LogP contribution in [0.4, 0.5) is 9.59 Å². The number of hydrogen-bond acceptors (Lipinski definition) is 18. The molecule has 10 atom stereocenters. The Hall–Kier alpha value is -6.74. The number of carbonyl (C=O) groups is 8. The minimum absolute atomic E-state index is 0. The van der Waals surface area contributed by atoms with Gasteiger partial charge in [-0.1, -0.05) is 104 Å². The quantitative estimate of drug-likeness (QED) is 0.0240. The first kappa shape index (κ1) is 86.2. The summed E-state index contributed by atoms with van der Waals surface area (Å²) in [6.45, 7) is 22.3. The predicted octanol–water partition coefficient (Wildman–Crippen LogP) is 9.58. The van der Waals surface area contributed by atoms with Gasteiger partial charge < -0.3 is 55.1 Å². The number of ether oxygens (including phenoxy) is 4. The number of nitrogens with one attached hydrogen (secondary N) is 5. The number of amides is 7. The molecule has 7 amide bonds. The van der Waals surface area contributed by atoms with E-state index in [1.807, 2.05) is 55.4 Å². The molecule has 27 nitrogen and oxygen atoms in total. The number of aromatic nitrogens is 2. The van der Waals surface area contributed by atoms with E-state index in [0.29, 0.717) is 69.0 Å². The third-order valence-electron chi connectivity index (χ3n) is 22.0. The molecule has 0 unspecified atom stereocenters. The van der Waals surface area contributed by atoms with Crippen molar-refractivity contribution in [2.75, 3.05) is 13.1 Å². The number of aliphatic carboxylic acids is 1. The molecule has 109 heavy (non-hydrogen) atoms. The summed E-state index contributed by atoms with van der Waals surface area (Å²) in [4.78, 5) is 120. The summed E-state index contributed by atoms with van der Waals surface area (Å²) in [5.41, 5.74) is -3.33. The Morgan fingerprint density at radius 2 is 1.03 bits per heavy atom. The molecule has 2 radical (unpaired) electrons. The van der Waals surface area contributed by atoms with E-state index < -0.39 is 147 Å². The molecular weight excluding hydrogens is 1710 g/mol. The number of nitrogens with two attached hydrogens (primary N) is 1. The van der Waals surface area contributed by atoms with Crippen molar-refractivity contribution in [2.45, 2.75) is 253 Å². The van der Waals surface area contributed by atoms with Crippen LogP contribution in [-0.4, -0.2) is 181 Å². The van der Waals surface area contributed by atoms with Crippen molar-refractivity contribution < 1.29 is 110 Å². The van der Waals surface area contributed by atoms with Crippen LogP contribution in [0.3, 0.4) is 0 Å². The molecule has 0 spiro atoms. The normalized spacial score (nSPS) is 25.0. The van der Waals surface area contributed by atoms with Gasteiger partial charge in [-0.3, -0.25) is 38.7 Å². The van der Waals surface area contributed by atoms with Crippen LogP contribution in [0, 0.1) is 53.8 Å². The van der Waals surface area contributed by atoms with Crippen molar-refractivity contribution in [3.05, 3.63) is 96.3 Å². The third-order valence-corrected chi connectivity index (χ3v) is 26.5. The Morgan fingerprint density at radius 1 is 0.642 bits per heavy atom. The number of primary sulfonamides is 1. The van der Waals surface area contributed by atoms with Gasteiger partial charge in [-0.05, 0) is 163 Å². The SMILES string of the molecule is C=C[C@@H]1C[C@]1(NC(=O)[C@@H]1C[C@@H](Oc2ccnc3cc(Cl)ccc23)CN1C(=O)[C@@H](NC(=O)OC1CCCC1)C(C)(C)C)C(=O)NS(=O)(=O)C1(CCC)CC1.C=C[C@@H]1C[C@]1(NC(=O)[C@@H]1C[C@@H](Oc2ccnc3cc(Cl)ccc23)CN1C(=O)[C@@H](NC(=O)OC1CCCC1)C(C)(C)C)C(=O)O.CCCC1(S(N)(=O)=O)CC1.[2H][B].[U]. The van der Waals surface area contributed by atoms with Crippen LogP contribution >= 0.6 is 23.2 Å². The molecule has 4 aromatic rings. The van der Waals surface area contributed by atoms with Crippen molar-refractivity contribution in [3.8, 4) is 11.5 Å². The molecule has 2 aromatic heterocycles. The summed E-state index contributed by atoms with van der Waals surface area (Å²) in [6.07, 6.45) is 15.7. The zero-order valence-electron chi connectivity index (χ0n) is 64.2. The second kappa shape index (κ2) is 35.1. The number of benzene rings is 2. The van der Waals surface area contributed by atoms with Crippen molar-refractivity contribution in [1.29, 1.82) is 1.34 Å². The first-order valence-electron chi connectivity index (χ1n) is 37.6. The minimum Gasteiger partial charge on any atom is -0.488 e. The van der Waals surface area contributed by atoms with Gasteiger partial charge in [0.15, 0.2) is 0 Å². The molecule has 0 bridgehead atoms. The number of likely N-dealkylation sites (tertiary alicyclic amines) is 2. The molecule has 592 valence electrons. The zero-order chi connectivity index (χ0) is 80.0. The van der Waals surface area contributed by atoms with Gasteiger partial charge in [-0.25, -0.2) is 36.4 Å². The average molecular weight is 1810 g/mol. The number of alkyl carbamates (subject to hydrolysis) is 2. The van der Waals surface area contributed by atoms with Crippen LogP contribution in [0.1, 0.15) is 184 Å². The maximum atomic E-state index is 14.6. The van der Waals surface area contributed by atoms with Crippen LogP contribution in [0.15, 0.2) is 86.2 Å². The van der Waals surface area contributed by atoms with Gasteiger partial charge in [-0.2, -0.15) is 0 Å². The molecule has 2 aliphatic heterocycles. The number of sulfonamides is 2. The number of fused-ring (bicyclic) bond motifs is 2. The van der Waals surface area contributed by atoms with Gasteiger partial charge >= 0.3 is 18.2 Å². The van der Waals surface area contributed by atoms with Gasteiger partial charge in [-0.15, -0.1) is 13.2 Å². The Labute approximate surface area is 675 Å². The van der Waals surface area contributed by atoms with Crippen LogP contribution in [0.2, 0.25) is 10.0 Å². The Bertz CT molecular complexity index is 4330. The van der Waals surface area contributed by atoms with Crippen LogP contribution < -0.4 is 40.6 Å². The van der Waals surface area contributed by atoms with E-state index in [0.717, 1.165) is 77.0 Å².